The topological polar surface area (TPSA) is 69.3 Å². The summed E-state index contributed by atoms with van der Waals surface area (Å²) < 4.78 is 17.5. The van der Waals surface area contributed by atoms with E-state index in [1.54, 1.807) is 0 Å². The second-order valence-corrected chi connectivity index (χ2v) is 8.82. The van der Waals surface area contributed by atoms with Crippen LogP contribution in [0.15, 0.2) is 54.6 Å². The van der Waals surface area contributed by atoms with Crippen molar-refractivity contribution in [3.63, 3.8) is 0 Å². The average Bonchev–Trinajstić information content (AvgIpc) is 3.50. The van der Waals surface area contributed by atoms with Crippen molar-refractivity contribution in [3.8, 4) is 28.4 Å². The molecular formula is C24H19Cl2N3O3. The number of nitrogens with one attached hydrogen (secondary N) is 1. The Hall–Kier alpha value is -2.64. The fourth-order valence-corrected chi connectivity index (χ4v) is 4.77. The fraction of sp³-hybridized carbons (Fsp3) is 0.250. The van der Waals surface area contributed by atoms with Crippen LogP contribution >= 0.6 is 23.2 Å². The zero-order valence-corrected chi connectivity index (χ0v) is 18.4. The van der Waals surface area contributed by atoms with Gasteiger partial charge in [-0.05, 0) is 35.7 Å². The lowest BCUT2D eigenvalue weighted by atomic mass is 10.0. The van der Waals surface area contributed by atoms with Crippen molar-refractivity contribution in [1.82, 2.24) is 15.0 Å². The molecular weight excluding hydrogens is 449 g/mol. The van der Waals surface area contributed by atoms with E-state index in [0.717, 1.165) is 23.1 Å². The Morgan fingerprint density at radius 3 is 2.62 bits per heavy atom. The molecule has 0 amide bonds. The molecule has 2 fully saturated rings. The van der Waals surface area contributed by atoms with Crippen LogP contribution in [0.1, 0.15) is 6.42 Å². The van der Waals surface area contributed by atoms with Crippen LogP contribution in [0.5, 0.6) is 6.01 Å². The van der Waals surface area contributed by atoms with E-state index in [2.05, 4.69) is 15.0 Å². The lowest BCUT2D eigenvalue weighted by Gasteiger charge is -2.15. The Bertz CT molecular complexity index is 1290. The Morgan fingerprint density at radius 1 is 0.938 bits per heavy atom. The van der Waals surface area contributed by atoms with Gasteiger partial charge < -0.3 is 19.2 Å². The van der Waals surface area contributed by atoms with E-state index in [1.807, 2.05) is 54.6 Å². The van der Waals surface area contributed by atoms with Crippen LogP contribution in [0.3, 0.4) is 0 Å². The van der Waals surface area contributed by atoms with Crippen molar-refractivity contribution in [2.75, 3.05) is 13.2 Å². The lowest BCUT2D eigenvalue weighted by Crippen LogP contribution is -2.32. The first-order valence-electron chi connectivity index (χ1n) is 10.5. The first kappa shape index (κ1) is 20.0. The highest BCUT2D eigenvalue weighted by Gasteiger charge is 2.43. The van der Waals surface area contributed by atoms with Gasteiger partial charge in [-0.1, -0.05) is 59.6 Å². The second-order valence-electron chi connectivity index (χ2n) is 7.97. The highest BCUT2D eigenvalue weighted by Crippen LogP contribution is 2.33. The quantitative estimate of drug-likeness (QED) is 0.426. The monoisotopic (exact) mass is 467 g/mol. The molecule has 6 nitrogen and oxygen atoms in total. The number of imidazole rings is 1. The molecule has 4 heterocycles. The summed E-state index contributed by atoms with van der Waals surface area (Å²) in [6, 6.07) is 18.0. The Labute approximate surface area is 194 Å². The lowest BCUT2D eigenvalue weighted by molar-refractivity contribution is 0.0273. The van der Waals surface area contributed by atoms with Crippen LogP contribution in [0.2, 0.25) is 10.0 Å². The zero-order chi connectivity index (χ0) is 21.7. The van der Waals surface area contributed by atoms with Gasteiger partial charge in [-0.15, -0.1) is 0 Å². The van der Waals surface area contributed by atoms with E-state index >= 15 is 0 Å². The standard InChI is InChI=1S/C24H19Cl2N3O3/c25-16-3-1-2-15(10-16)13-4-6-14(7-5-13)21-17(26)11-18-23(28-21)29-24(27-18)32-20-12-31-19-8-9-30-22(19)20/h1-7,10-11,19-20,22H,8-9,12H2,(H,27,28,29)/t19-,20?,22?/m1/s1. The summed E-state index contributed by atoms with van der Waals surface area (Å²) in [5, 5.41) is 1.24. The van der Waals surface area contributed by atoms with E-state index < -0.39 is 0 Å². The first-order valence-corrected chi connectivity index (χ1v) is 11.2. The molecule has 2 saturated heterocycles. The minimum Gasteiger partial charge on any atom is -0.456 e. The molecule has 0 aliphatic carbocycles. The summed E-state index contributed by atoms with van der Waals surface area (Å²) in [4.78, 5) is 12.4. The number of pyridine rings is 1. The van der Waals surface area contributed by atoms with Gasteiger partial charge in [0.1, 0.15) is 6.10 Å². The maximum Gasteiger partial charge on any atom is 0.296 e. The molecule has 0 bridgehead atoms. The third-order valence-corrected chi connectivity index (χ3v) is 6.43. The average molecular weight is 468 g/mol. The Kier molecular flexibility index (Phi) is 5.03. The van der Waals surface area contributed by atoms with E-state index in [4.69, 9.17) is 37.4 Å². The summed E-state index contributed by atoms with van der Waals surface area (Å²) in [6.07, 6.45) is 0.783. The van der Waals surface area contributed by atoms with Crippen molar-refractivity contribution >= 4 is 34.4 Å². The molecule has 2 unspecified atom stereocenters. The normalized spacial score (nSPS) is 22.4. The van der Waals surface area contributed by atoms with Crippen molar-refractivity contribution in [3.05, 3.63) is 64.6 Å². The summed E-state index contributed by atoms with van der Waals surface area (Å²) in [6.45, 7) is 1.19. The van der Waals surface area contributed by atoms with Crippen LogP contribution in [0, 0.1) is 0 Å². The molecule has 2 aliphatic heterocycles. The second kappa shape index (κ2) is 8.05. The van der Waals surface area contributed by atoms with Gasteiger partial charge in [0, 0.05) is 17.2 Å². The van der Waals surface area contributed by atoms with Gasteiger partial charge in [0.15, 0.2) is 11.8 Å². The van der Waals surface area contributed by atoms with Gasteiger partial charge >= 0.3 is 0 Å². The van der Waals surface area contributed by atoms with Gasteiger partial charge in [0.25, 0.3) is 6.01 Å². The molecule has 0 radical (unpaired) electrons. The number of aromatic nitrogens is 3. The van der Waals surface area contributed by atoms with Crippen molar-refractivity contribution in [2.24, 2.45) is 0 Å². The summed E-state index contributed by atoms with van der Waals surface area (Å²) in [5.74, 6) is 0. The van der Waals surface area contributed by atoms with Crippen LogP contribution in [0.25, 0.3) is 33.5 Å². The molecule has 6 rings (SSSR count). The fourth-order valence-electron chi connectivity index (χ4n) is 4.32. The molecule has 2 aromatic heterocycles. The van der Waals surface area contributed by atoms with Crippen LogP contribution in [-0.4, -0.2) is 46.5 Å². The van der Waals surface area contributed by atoms with E-state index in [9.17, 15) is 0 Å². The van der Waals surface area contributed by atoms with Gasteiger partial charge in [-0.25, -0.2) is 4.98 Å². The van der Waals surface area contributed by atoms with Gasteiger partial charge in [-0.3, -0.25) is 0 Å². The Morgan fingerprint density at radius 2 is 1.78 bits per heavy atom. The number of fused-ring (bicyclic) bond motifs is 2. The molecule has 32 heavy (non-hydrogen) atoms. The number of nitrogens with zero attached hydrogens (tertiary/aromatic N) is 2. The third-order valence-electron chi connectivity index (χ3n) is 5.90. The van der Waals surface area contributed by atoms with Crippen LogP contribution in [0.4, 0.5) is 0 Å². The first-order chi connectivity index (χ1) is 15.6. The van der Waals surface area contributed by atoms with Crippen LogP contribution in [-0.2, 0) is 9.47 Å². The summed E-state index contributed by atoms with van der Waals surface area (Å²) in [5.41, 5.74) is 4.94. The highest BCUT2D eigenvalue weighted by atomic mass is 35.5. The smallest absolute Gasteiger partial charge is 0.296 e. The van der Waals surface area contributed by atoms with E-state index in [0.29, 0.717) is 46.1 Å². The summed E-state index contributed by atoms with van der Waals surface area (Å²) >= 11 is 12.7. The SMILES string of the molecule is Clc1cccc(-c2ccc(-c3nc4nc(OC5CO[C@@H]6CCOC56)[nH]c4cc3Cl)cc2)c1. The van der Waals surface area contributed by atoms with E-state index in [1.165, 1.54) is 0 Å². The number of hydrogen-bond acceptors (Lipinski definition) is 5. The molecule has 2 aromatic carbocycles. The minimum atomic E-state index is -0.183. The van der Waals surface area contributed by atoms with Gasteiger partial charge in [0.2, 0.25) is 0 Å². The zero-order valence-electron chi connectivity index (χ0n) is 16.9. The predicted octanol–water partition coefficient (Wildman–Crippen LogP) is 5.53. The number of aromatic amines is 1. The van der Waals surface area contributed by atoms with E-state index in [-0.39, 0.29) is 18.3 Å². The van der Waals surface area contributed by atoms with Gasteiger partial charge in [0.05, 0.1) is 28.9 Å². The maximum atomic E-state index is 6.56. The predicted molar refractivity (Wildman–Crippen MR) is 123 cm³/mol. The molecule has 2 aliphatic rings. The molecule has 0 spiro atoms. The highest BCUT2D eigenvalue weighted by molar-refractivity contribution is 6.33. The molecule has 8 heteroatoms. The number of ether oxygens (including phenoxy) is 3. The molecule has 1 N–H and O–H groups in total. The summed E-state index contributed by atoms with van der Waals surface area (Å²) in [7, 11) is 0. The Balaban J connectivity index is 1.27. The largest absolute Gasteiger partial charge is 0.456 e. The third kappa shape index (κ3) is 3.63. The van der Waals surface area contributed by atoms with Crippen molar-refractivity contribution in [1.29, 1.82) is 0 Å². The molecule has 3 atom stereocenters. The number of H-pyrrole nitrogens is 1. The van der Waals surface area contributed by atoms with Crippen molar-refractivity contribution in [2.45, 2.75) is 24.7 Å². The number of hydrogen-bond donors (Lipinski definition) is 1. The number of halogens is 2. The molecule has 4 aromatic rings. The number of rotatable bonds is 4. The minimum absolute atomic E-state index is 0.0478. The molecule has 162 valence electrons. The van der Waals surface area contributed by atoms with Crippen LogP contribution < -0.4 is 4.74 Å². The molecule has 0 saturated carbocycles. The van der Waals surface area contributed by atoms with Gasteiger partial charge in [-0.2, -0.15) is 4.98 Å². The number of benzene rings is 2. The van der Waals surface area contributed by atoms with Crippen molar-refractivity contribution < 1.29 is 14.2 Å². The maximum absolute atomic E-state index is 6.56.